The van der Waals surface area contributed by atoms with Crippen molar-refractivity contribution in [3.8, 4) is 0 Å². The van der Waals surface area contributed by atoms with Gasteiger partial charge in [0.1, 0.15) is 12.6 Å². The second-order valence-electron chi connectivity index (χ2n) is 6.68. The number of carbonyl (C=O) groups excluding carboxylic acids is 3. The fourth-order valence-corrected chi connectivity index (χ4v) is 3.45. The van der Waals surface area contributed by atoms with Gasteiger partial charge in [0.2, 0.25) is 5.91 Å². The largest absolute Gasteiger partial charge is 0.341 e. The SMILES string of the molecule is CC1CCCN(C(=O)CN2C(=O)C(C)N(c3ccccc3)C2=O)C1. The van der Waals surface area contributed by atoms with Gasteiger partial charge in [-0.3, -0.25) is 19.4 Å². The predicted octanol–water partition coefficient (Wildman–Crippen LogP) is 2.10. The first kappa shape index (κ1) is 16.5. The molecule has 0 saturated carbocycles. The summed E-state index contributed by atoms with van der Waals surface area (Å²) in [6.07, 6.45) is 2.09. The second-order valence-corrected chi connectivity index (χ2v) is 6.68. The van der Waals surface area contributed by atoms with Crippen LogP contribution in [0.25, 0.3) is 0 Å². The van der Waals surface area contributed by atoms with Gasteiger partial charge in [-0.2, -0.15) is 0 Å². The lowest BCUT2D eigenvalue weighted by Gasteiger charge is -2.31. The Morgan fingerprint density at radius 3 is 2.54 bits per heavy atom. The van der Waals surface area contributed by atoms with Crippen molar-refractivity contribution in [2.75, 3.05) is 24.5 Å². The van der Waals surface area contributed by atoms with Crippen LogP contribution >= 0.6 is 0 Å². The third-order valence-electron chi connectivity index (χ3n) is 4.79. The molecule has 2 unspecified atom stereocenters. The van der Waals surface area contributed by atoms with Crippen molar-refractivity contribution in [1.29, 1.82) is 0 Å². The van der Waals surface area contributed by atoms with Crippen LogP contribution in [-0.2, 0) is 9.59 Å². The molecule has 2 aliphatic rings. The molecule has 0 radical (unpaired) electrons. The van der Waals surface area contributed by atoms with E-state index >= 15 is 0 Å². The summed E-state index contributed by atoms with van der Waals surface area (Å²) in [6.45, 7) is 5.05. The second kappa shape index (κ2) is 6.63. The summed E-state index contributed by atoms with van der Waals surface area (Å²) in [7, 11) is 0. The molecule has 0 aliphatic carbocycles. The molecule has 0 bridgehead atoms. The summed E-state index contributed by atoms with van der Waals surface area (Å²) >= 11 is 0. The Labute approximate surface area is 142 Å². The summed E-state index contributed by atoms with van der Waals surface area (Å²) in [4.78, 5) is 42.0. The van der Waals surface area contributed by atoms with E-state index in [0.717, 1.165) is 17.7 Å². The van der Waals surface area contributed by atoms with E-state index < -0.39 is 12.1 Å². The molecule has 2 atom stereocenters. The number of amides is 4. The number of carbonyl (C=O) groups is 3. The van der Waals surface area contributed by atoms with E-state index in [1.54, 1.807) is 24.0 Å². The Bertz CT molecular complexity index is 646. The summed E-state index contributed by atoms with van der Waals surface area (Å²) in [6, 6.07) is 8.07. The number of anilines is 1. The van der Waals surface area contributed by atoms with Crippen LogP contribution in [0.1, 0.15) is 26.7 Å². The minimum atomic E-state index is -0.590. The van der Waals surface area contributed by atoms with Gasteiger partial charge in [0.15, 0.2) is 0 Å². The molecular formula is C18H23N3O3. The summed E-state index contributed by atoms with van der Waals surface area (Å²) in [5.74, 6) is 0.0000413. The fourth-order valence-electron chi connectivity index (χ4n) is 3.45. The average molecular weight is 329 g/mol. The van der Waals surface area contributed by atoms with Crippen molar-refractivity contribution in [3.63, 3.8) is 0 Å². The number of likely N-dealkylation sites (tertiary alicyclic amines) is 1. The molecule has 1 aromatic rings. The highest BCUT2D eigenvalue weighted by Crippen LogP contribution is 2.25. The van der Waals surface area contributed by atoms with Crippen molar-refractivity contribution in [1.82, 2.24) is 9.80 Å². The smallest absolute Gasteiger partial charge is 0.332 e. The van der Waals surface area contributed by atoms with Gasteiger partial charge in [-0.25, -0.2) is 4.79 Å². The van der Waals surface area contributed by atoms with Crippen LogP contribution in [0.3, 0.4) is 0 Å². The molecule has 3 rings (SSSR count). The summed E-state index contributed by atoms with van der Waals surface area (Å²) in [5.41, 5.74) is 0.671. The molecule has 2 heterocycles. The van der Waals surface area contributed by atoms with Crippen molar-refractivity contribution < 1.29 is 14.4 Å². The lowest BCUT2D eigenvalue weighted by molar-refractivity contribution is -0.138. The minimum Gasteiger partial charge on any atom is -0.341 e. The van der Waals surface area contributed by atoms with Crippen LogP contribution in [0.2, 0.25) is 0 Å². The van der Waals surface area contributed by atoms with Crippen LogP contribution in [0.15, 0.2) is 30.3 Å². The fraction of sp³-hybridized carbons (Fsp3) is 0.500. The van der Waals surface area contributed by atoms with Crippen molar-refractivity contribution in [2.45, 2.75) is 32.7 Å². The minimum absolute atomic E-state index is 0.148. The molecule has 6 heteroatoms. The zero-order valence-corrected chi connectivity index (χ0v) is 14.1. The van der Waals surface area contributed by atoms with E-state index in [1.165, 1.54) is 4.90 Å². The van der Waals surface area contributed by atoms with Crippen molar-refractivity contribution in [3.05, 3.63) is 30.3 Å². The third-order valence-corrected chi connectivity index (χ3v) is 4.79. The maximum absolute atomic E-state index is 12.7. The van der Waals surface area contributed by atoms with Crippen LogP contribution in [0.4, 0.5) is 10.5 Å². The number of nitrogens with zero attached hydrogens (tertiary/aromatic N) is 3. The lowest BCUT2D eigenvalue weighted by atomic mass is 10.0. The number of benzene rings is 1. The van der Waals surface area contributed by atoms with Crippen LogP contribution in [-0.4, -0.2) is 53.3 Å². The topological polar surface area (TPSA) is 60.9 Å². The Kier molecular flexibility index (Phi) is 4.55. The van der Waals surface area contributed by atoms with Gasteiger partial charge in [0.25, 0.3) is 5.91 Å². The van der Waals surface area contributed by atoms with Gasteiger partial charge in [-0.05, 0) is 37.8 Å². The zero-order valence-electron chi connectivity index (χ0n) is 14.1. The highest BCUT2D eigenvalue weighted by atomic mass is 16.2. The molecule has 2 fully saturated rings. The molecule has 2 aliphatic heterocycles. The molecule has 1 aromatic carbocycles. The molecule has 24 heavy (non-hydrogen) atoms. The number of para-hydroxylation sites is 1. The average Bonchev–Trinajstić information content (AvgIpc) is 2.79. The first-order valence-electron chi connectivity index (χ1n) is 8.46. The third kappa shape index (κ3) is 3.00. The number of urea groups is 1. The van der Waals surface area contributed by atoms with E-state index in [4.69, 9.17) is 0 Å². The summed E-state index contributed by atoms with van der Waals surface area (Å²) < 4.78 is 0. The Morgan fingerprint density at radius 2 is 1.88 bits per heavy atom. The van der Waals surface area contributed by atoms with Gasteiger partial charge in [0, 0.05) is 18.8 Å². The first-order valence-corrected chi connectivity index (χ1v) is 8.46. The predicted molar refractivity (Wildman–Crippen MR) is 90.5 cm³/mol. The lowest BCUT2D eigenvalue weighted by Crippen LogP contribution is -2.46. The molecule has 2 saturated heterocycles. The van der Waals surface area contributed by atoms with Gasteiger partial charge < -0.3 is 4.90 Å². The number of hydrogen-bond donors (Lipinski definition) is 0. The number of hydrogen-bond acceptors (Lipinski definition) is 3. The molecule has 6 nitrogen and oxygen atoms in total. The molecule has 128 valence electrons. The molecular weight excluding hydrogens is 306 g/mol. The Balaban J connectivity index is 1.73. The number of imide groups is 1. The Morgan fingerprint density at radius 1 is 1.17 bits per heavy atom. The maximum atomic E-state index is 12.7. The van der Waals surface area contributed by atoms with Crippen LogP contribution < -0.4 is 4.90 Å². The van der Waals surface area contributed by atoms with Crippen LogP contribution in [0.5, 0.6) is 0 Å². The van der Waals surface area contributed by atoms with E-state index in [2.05, 4.69) is 6.92 Å². The van der Waals surface area contributed by atoms with E-state index in [-0.39, 0.29) is 18.4 Å². The highest BCUT2D eigenvalue weighted by Gasteiger charge is 2.44. The molecule has 0 N–H and O–H groups in total. The molecule has 4 amide bonds. The monoisotopic (exact) mass is 329 g/mol. The van der Waals surface area contributed by atoms with E-state index in [0.29, 0.717) is 24.7 Å². The molecule has 0 aromatic heterocycles. The highest BCUT2D eigenvalue weighted by molar-refractivity contribution is 6.15. The maximum Gasteiger partial charge on any atom is 0.332 e. The van der Waals surface area contributed by atoms with Gasteiger partial charge >= 0.3 is 6.03 Å². The van der Waals surface area contributed by atoms with Gasteiger partial charge in [-0.15, -0.1) is 0 Å². The quantitative estimate of drug-likeness (QED) is 0.798. The zero-order chi connectivity index (χ0) is 17.3. The van der Waals surface area contributed by atoms with E-state index in [9.17, 15) is 14.4 Å². The van der Waals surface area contributed by atoms with Gasteiger partial charge in [-0.1, -0.05) is 25.1 Å². The van der Waals surface area contributed by atoms with Crippen molar-refractivity contribution >= 4 is 23.5 Å². The number of piperidine rings is 1. The Hall–Kier alpha value is -2.37. The van der Waals surface area contributed by atoms with Crippen molar-refractivity contribution in [2.24, 2.45) is 5.92 Å². The first-order chi connectivity index (χ1) is 11.5. The number of rotatable bonds is 3. The van der Waals surface area contributed by atoms with Crippen LogP contribution in [0, 0.1) is 5.92 Å². The van der Waals surface area contributed by atoms with E-state index in [1.807, 2.05) is 18.2 Å². The standard InChI is InChI=1S/C18H23N3O3/c1-13-7-6-10-19(11-13)16(22)12-20-17(23)14(2)21(18(20)24)15-8-4-3-5-9-15/h3-5,8-9,13-14H,6-7,10-12H2,1-2H3. The van der Waals surface area contributed by atoms with Gasteiger partial charge in [0.05, 0.1) is 0 Å². The summed E-state index contributed by atoms with van der Waals surface area (Å²) in [5, 5.41) is 0. The normalized spacial score (nSPS) is 24.7. The molecule has 0 spiro atoms.